The number of anilines is 1. The first-order chi connectivity index (χ1) is 10.6. The molecule has 1 aliphatic rings. The van der Waals surface area contributed by atoms with Crippen molar-refractivity contribution in [2.45, 2.75) is 18.9 Å². The molecule has 1 saturated heterocycles. The van der Waals surface area contributed by atoms with Crippen LogP contribution in [0.1, 0.15) is 12.8 Å². The van der Waals surface area contributed by atoms with Gasteiger partial charge in [0.15, 0.2) is 0 Å². The van der Waals surface area contributed by atoms with Crippen molar-refractivity contribution in [2.24, 2.45) is 0 Å². The fourth-order valence-corrected chi connectivity index (χ4v) is 2.94. The third-order valence-electron chi connectivity index (χ3n) is 3.95. The second-order valence-corrected chi connectivity index (χ2v) is 5.14. The van der Waals surface area contributed by atoms with Crippen LogP contribution >= 0.6 is 0 Å². The number of carbonyl (C=O) groups excluding carboxylic acids is 1. The minimum Gasteiger partial charge on any atom is -0.467 e. The van der Waals surface area contributed by atoms with E-state index < -0.39 is 4.92 Å². The molecule has 7 heteroatoms. The molecule has 0 bridgehead atoms. The Labute approximate surface area is 126 Å². The molecule has 2 heterocycles. The number of benzene rings is 1. The number of aromatic nitrogens is 1. The van der Waals surface area contributed by atoms with Gasteiger partial charge in [0.1, 0.15) is 18.1 Å². The summed E-state index contributed by atoms with van der Waals surface area (Å²) in [7, 11) is 1.36. The van der Waals surface area contributed by atoms with Crippen LogP contribution in [0.5, 0.6) is 0 Å². The Kier molecular flexibility index (Phi) is 3.62. The standard InChI is InChI=1S/C15H15N3O4/c1-22-15(19)12-7-4-8-17(12)14-11-6-3-2-5-10(11)13(9-16-14)18(20)21/h2-3,5-6,9,12H,4,7-8H2,1H3/t12-/m1/s1. The molecule has 0 aliphatic carbocycles. The van der Waals surface area contributed by atoms with Crippen molar-refractivity contribution in [2.75, 3.05) is 18.6 Å². The lowest BCUT2D eigenvalue weighted by molar-refractivity contribution is -0.383. The molecule has 0 amide bonds. The normalized spacial score (nSPS) is 17.7. The summed E-state index contributed by atoms with van der Waals surface area (Å²) in [5, 5.41) is 12.3. The molecule has 22 heavy (non-hydrogen) atoms. The number of carbonyl (C=O) groups is 1. The summed E-state index contributed by atoms with van der Waals surface area (Å²) in [4.78, 5) is 28.7. The molecule has 114 valence electrons. The van der Waals surface area contributed by atoms with Crippen LogP contribution in [0.2, 0.25) is 0 Å². The molecular weight excluding hydrogens is 286 g/mol. The Morgan fingerprint density at radius 3 is 2.82 bits per heavy atom. The lowest BCUT2D eigenvalue weighted by Crippen LogP contribution is -2.37. The average Bonchev–Trinajstić information content (AvgIpc) is 3.02. The van der Waals surface area contributed by atoms with Crippen molar-refractivity contribution < 1.29 is 14.5 Å². The summed E-state index contributed by atoms with van der Waals surface area (Å²) < 4.78 is 4.84. The number of fused-ring (bicyclic) bond motifs is 1. The number of nitrogens with zero attached hydrogens (tertiary/aromatic N) is 3. The van der Waals surface area contributed by atoms with Crippen LogP contribution < -0.4 is 4.90 Å². The fourth-order valence-electron chi connectivity index (χ4n) is 2.94. The molecule has 7 nitrogen and oxygen atoms in total. The molecule has 3 rings (SSSR count). The number of hydrogen-bond acceptors (Lipinski definition) is 6. The number of esters is 1. The number of ether oxygens (including phenoxy) is 1. The first-order valence-corrected chi connectivity index (χ1v) is 7.00. The largest absolute Gasteiger partial charge is 0.467 e. The van der Waals surface area contributed by atoms with Crippen molar-refractivity contribution in [1.29, 1.82) is 0 Å². The summed E-state index contributed by atoms with van der Waals surface area (Å²) in [5.41, 5.74) is -0.0341. The van der Waals surface area contributed by atoms with Gasteiger partial charge in [-0.3, -0.25) is 10.1 Å². The maximum Gasteiger partial charge on any atom is 0.328 e. The van der Waals surface area contributed by atoms with E-state index >= 15 is 0 Å². The summed E-state index contributed by atoms with van der Waals surface area (Å²) in [6.45, 7) is 0.675. The molecule has 1 fully saturated rings. The molecule has 2 aromatic rings. The Hall–Kier alpha value is -2.70. The van der Waals surface area contributed by atoms with Crippen molar-refractivity contribution in [1.82, 2.24) is 4.98 Å². The van der Waals surface area contributed by atoms with Gasteiger partial charge in [-0.1, -0.05) is 18.2 Å². The van der Waals surface area contributed by atoms with E-state index in [0.29, 0.717) is 29.6 Å². The number of pyridine rings is 1. The number of rotatable bonds is 3. The summed E-state index contributed by atoms with van der Waals surface area (Å²) >= 11 is 0. The molecule has 0 radical (unpaired) electrons. The molecule has 1 aromatic carbocycles. The summed E-state index contributed by atoms with van der Waals surface area (Å²) in [5.74, 6) is 0.288. The molecule has 0 N–H and O–H groups in total. The topological polar surface area (TPSA) is 85.6 Å². The smallest absolute Gasteiger partial charge is 0.328 e. The molecule has 0 unspecified atom stereocenters. The lowest BCUT2D eigenvalue weighted by atomic mass is 10.1. The van der Waals surface area contributed by atoms with Gasteiger partial charge in [-0.2, -0.15) is 0 Å². The molecule has 0 spiro atoms. The molecule has 1 atom stereocenters. The highest BCUT2D eigenvalue weighted by Crippen LogP contribution is 2.34. The van der Waals surface area contributed by atoms with E-state index in [1.54, 1.807) is 24.3 Å². The van der Waals surface area contributed by atoms with Crippen molar-refractivity contribution >= 4 is 28.2 Å². The molecule has 1 aliphatic heterocycles. The Morgan fingerprint density at radius 2 is 2.14 bits per heavy atom. The van der Waals surface area contributed by atoms with Crippen LogP contribution in [0, 0.1) is 10.1 Å². The minimum absolute atomic E-state index is 0.0341. The second kappa shape index (κ2) is 5.59. The Balaban J connectivity index is 2.14. The third-order valence-corrected chi connectivity index (χ3v) is 3.95. The highest BCUT2D eigenvalue weighted by molar-refractivity contribution is 5.99. The zero-order valence-electron chi connectivity index (χ0n) is 12.1. The lowest BCUT2D eigenvalue weighted by Gasteiger charge is -2.24. The van der Waals surface area contributed by atoms with Gasteiger partial charge >= 0.3 is 5.97 Å². The predicted molar refractivity (Wildman–Crippen MR) is 80.8 cm³/mol. The van der Waals surface area contributed by atoms with E-state index in [0.717, 1.165) is 6.42 Å². The van der Waals surface area contributed by atoms with E-state index in [2.05, 4.69) is 4.98 Å². The number of hydrogen-bond donors (Lipinski definition) is 0. The van der Waals surface area contributed by atoms with Gasteiger partial charge in [0, 0.05) is 11.9 Å². The maximum absolute atomic E-state index is 11.9. The van der Waals surface area contributed by atoms with Gasteiger partial charge in [0.05, 0.1) is 17.4 Å². The quantitative estimate of drug-likeness (QED) is 0.491. The van der Waals surface area contributed by atoms with Crippen molar-refractivity contribution in [3.63, 3.8) is 0 Å². The van der Waals surface area contributed by atoms with Gasteiger partial charge in [0.25, 0.3) is 5.69 Å². The summed E-state index contributed by atoms with van der Waals surface area (Å²) in [6, 6.07) is 6.66. The Morgan fingerprint density at radius 1 is 1.41 bits per heavy atom. The zero-order chi connectivity index (χ0) is 15.7. The van der Waals surface area contributed by atoms with Crippen LogP contribution in [0.4, 0.5) is 11.5 Å². The molecule has 0 saturated carbocycles. The highest BCUT2D eigenvalue weighted by atomic mass is 16.6. The molecule has 1 aromatic heterocycles. The maximum atomic E-state index is 11.9. The van der Waals surface area contributed by atoms with E-state index in [-0.39, 0.29) is 17.7 Å². The van der Waals surface area contributed by atoms with Gasteiger partial charge in [-0.15, -0.1) is 0 Å². The van der Waals surface area contributed by atoms with Gasteiger partial charge < -0.3 is 9.64 Å². The monoisotopic (exact) mass is 301 g/mol. The van der Waals surface area contributed by atoms with Crippen LogP contribution in [0.25, 0.3) is 10.8 Å². The summed E-state index contributed by atoms with van der Waals surface area (Å²) in [6.07, 6.45) is 2.80. The Bertz CT molecular complexity index is 747. The van der Waals surface area contributed by atoms with Gasteiger partial charge in [-0.25, -0.2) is 9.78 Å². The minimum atomic E-state index is -0.444. The van der Waals surface area contributed by atoms with Crippen LogP contribution in [-0.4, -0.2) is 35.6 Å². The fraction of sp³-hybridized carbons (Fsp3) is 0.333. The van der Waals surface area contributed by atoms with Crippen LogP contribution in [-0.2, 0) is 9.53 Å². The second-order valence-electron chi connectivity index (χ2n) is 5.14. The van der Waals surface area contributed by atoms with E-state index in [1.807, 2.05) is 4.90 Å². The SMILES string of the molecule is COC(=O)[C@H]1CCCN1c1ncc([N+](=O)[O-])c2ccccc12. The third kappa shape index (κ3) is 2.24. The van der Waals surface area contributed by atoms with Gasteiger partial charge in [-0.05, 0) is 18.9 Å². The first-order valence-electron chi connectivity index (χ1n) is 7.00. The average molecular weight is 301 g/mol. The number of nitro groups is 1. The van der Waals surface area contributed by atoms with Crippen molar-refractivity contribution in [3.05, 3.63) is 40.6 Å². The van der Waals surface area contributed by atoms with E-state index in [4.69, 9.17) is 4.74 Å². The van der Waals surface area contributed by atoms with Crippen LogP contribution in [0.3, 0.4) is 0 Å². The first kappa shape index (κ1) is 14.2. The molecular formula is C15H15N3O4. The van der Waals surface area contributed by atoms with Crippen LogP contribution in [0.15, 0.2) is 30.5 Å². The zero-order valence-corrected chi connectivity index (χ0v) is 12.1. The number of methoxy groups -OCH3 is 1. The van der Waals surface area contributed by atoms with E-state index in [1.165, 1.54) is 13.3 Å². The van der Waals surface area contributed by atoms with E-state index in [9.17, 15) is 14.9 Å². The highest BCUT2D eigenvalue weighted by Gasteiger charge is 2.34. The van der Waals surface area contributed by atoms with Crippen molar-refractivity contribution in [3.8, 4) is 0 Å². The predicted octanol–water partition coefficient (Wildman–Crippen LogP) is 2.28. The van der Waals surface area contributed by atoms with Gasteiger partial charge in [0.2, 0.25) is 0 Å².